The van der Waals surface area contributed by atoms with Gasteiger partial charge in [-0.05, 0) is 70.3 Å². The van der Waals surface area contributed by atoms with Gasteiger partial charge in [-0.15, -0.1) is 5.10 Å². The Balaban J connectivity index is 0.000000241. The number of fused-ring (bicyclic) bond motifs is 2. The molecule has 0 aromatic carbocycles. The lowest BCUT2D eigenvalue weighted by Crippen LogP contribution is -2.39. The molecule has 4 aromatic heterocycles. The molecule has 0 spiro atoms. The molecule has 0 atom stereocenters. The lowest BCUT2D eigenvalue weighted by Gasteiger charge is -2.28. The Hall–Kier alpha value is -4.36. The van der Waals surface area contributed by atoms with Crippen LogP contribution in [-0.4, -0.2) is 84.1 Å². The number of alkyl halides is 6. The minimum atomic E-state index is -4.41. The summed E-state index contributed by atoms with van der Waals surface area (Å²) in [6, 6.07) is 3.25. The second kappa shape index (κ2) is 16.3. The van der Waals surface area contributed by atoms with Gasteiger partial charge < -0.3 is 14.8 Å². The van der Waals surface area contributed by atoms with Crippen molar-refractivity contribution in [2.24, 2.45) is 0 Å². The predicted molar refractivity (Wildman–Crippen MR) is 188 cm³/mol. The predicted octanol–water partition coefficient (Wildman–Crippen LogP) is 8.96. The smallest absolute Gasteiger partial charge is 0.414 e. The summed E-state index contributed by atoms with van der Waals surface area (Å²) in [4.78, 5) is 35.3. The number of ether oxygens (including phenoxy) is 2. The molecule has 0 radical (unpaired) electrons. The van der Waals surface area contributed by atoms with Crippen molar-refractivity contribution in [3.63, 3.8) is 0 Å². The van der Waals surface area contributed by atoms with E-state index in [1.807, 2.05) is 0 Å². The fraction of sp³-hybridized carbons (Fsp3) is 0.576. The second-order valence-electron chi connectivity index (χ2n) is 14.3. The fourth-order valence-corrected chi connectivity index (χ4v) is 5.64. The van der Waals surface area contributed by atoms with E-state index in [2.05, 4.69) is 41.4 Å². The monoisotopic (exact) mass is 821 g/mol. The van der Waals surface area contributed by atoms with Crippen LogP contribution in [0.4, 0.5) is 53.1 Å². The summed E-state index contributed by atoms with van der Waals surface area (Å²) < 4.78 is 90.4. The number of anilines is 3. The Labute approximate surface area is 310 Å². The van der Waals surface area contributed by atoms with Crippen LogP contribution in [-0.2, 0) is 9.47 Å². The molecule has 53 heavy (non-hydrogen) atoms. The number of rotatable bonds is 8. The number of carbonyl (C=O) groups excluding carboxylic acids is 2. The highest BCUT2D eigenvalue weighted by Crippen LogP contribution is 2.31. The molecule has 0 saturated heterocycles. The summed E-state index contributed by atoms with van der Waals surface area (Å²) in [5.74, 6) is 0.484. The zero-order valence-electron chi connectivity index (χ0n) is 30.1. The van der Waals surface area contributed by atoms with Gasteiger partial charge in [-0.1, -0.05) is 12.8 Å². The lowest BCUT2D eigenvalue weighted by atomic mass is 10.2. The minimum Gasteiger partial charge on any atom is -0.443 e. The van der Waals surface area contributed by atoms with Crippen molar-refractivity contribution in [3.8, 4) is 0 Å². The average molecular weight is 823 g/mol. The molecule has 292 valence electrons. The quantitative estimate of drug-likeness (QED) is 0.173. The summed E-state index contributed by atoms with van der Waals surface area (Å²) in [6.07, 6.45) is -2.59. The molecule has 0 unspecified atom stereocenters. The van der Waals surface area contributed by atoms with E-state index in [0.717, 1.165) is 35.5 Å². The fourth-order valence-electron chi connectivity index (χ4n) is 5.25. The van der Waals surface area contributed by atoms with Crippen molar-refractivity contribution in [2.75, 3.05) is 28.2 Å². The van der Waals surface area contributed by atoms with Crippen LogP contribution in [0.25, 0.3) is 11.3 Å². The third-order valence-corrected chi connectivity index (χ3v) is 7.79. The Morgan fingerprint density at radius 2 is 1.21 bits per heavy atom. The number of hydrogen-bond donors (Lipinski definition) is 1. The molecule has 1 N–H and O–H groups in total. The second-order valence-corrected chi connectivity index (χ2v) is 15.1. The molecule has 1 aliphatic rings. The number of nitrogens with one attached hydrogen (secondary N) is 1. The zero-order chi connectivity index (χ0) is 39.4. The van der Waals surface area contributed by atoms with E-state index in [-0.39, 0.29) is 28.7 Å². The van der Waals surface area contributed by atoms with Crippen molar-refractivity contribution in [3.05, 3.63) is 41.5 Å². The van der Waals surface area contributed by atoms with Crippen LogP contribution in [0.3, 0.4) is 0 Å². The molecule has 1 fully saturated rings. The molecular formula is C33H42BrF6N9O4. The van der Waals surface area contributed by atoms with Crippen molar-refractivity contribution >= 4 is 56.6 Å². The van der Waals surface area contributed by atoms with Crippen LogP contribution >= 0.6 is 15.9 Å². The molecule has 1 aliphatic carbocycles. The molecule has 0 aliphatic heterocycles. The highest BCUT2D eigenvalue weighted by atomic mass is 79.9. The van der Waals surface area contributed by atoms with Gasteiger partial charge in [-0.2, -0.15) is 31.4 Å². The number of amides is 2. The standard InChI is InChI=1S/C19H26F3N5O2.C14H16BrF3N4O2/c1-18(2,3)29-17(28)26(10-8-19(20,21)22)14-12-15(24-13-6-4-5-7-13)25-27-11-9-23-16(14)27;1-13(2,3)24-12(23)21(6-4-14(16,17)18)9-8-10(15)20-22-7-5-19-11(9)22/h9,11-13H,4-8,10H2,1-3H3,(H,24,25);5,7-8H,4,6H2,1-3H3. The average Bonchev–Trinajstić information content (AvgIpc) is 3.77. The van der Waals surface area contributed by atoms with Gasteiger partial charge in [0.15, 0.2) is 11.3 Å². The van der Waals surface area contributed by atoms with Crippen molar-refractivity contribution in [2.45, 2.75) is 110 Å². The van der Waals surface area contributed by atoms with Gasteiger partial charge in [0.25, 0.3) is 0 Å². The number of aromatic nitrogens is 6. The summed E-state index contributed by atoms with van der Waals surface area (Å²) in [5, 5.41) is 11.8. The maximum absolute atomic E-state index is 12.9. The molecule has 1 saturated carbocycles. The van der Waals surface area contributed by atoms with E-state index in [4.69, 9.17) is 9.47 Å². The van der Waals surface area contributed by atoms with Gasteiger partial charge in [0.2, 0.25) is 0 Å². The van der Waals surface area contributed by atoms with Gasteiger partial charge in [0, 0.05) is 56.1 Å². The maximum Gasteiger partial charge on any atom is 0.414 e. The molecule has 2 amide bonds. The SMILES string of the molecule is CC(C)(C)OC(=O)N(CCC(F)(F)F)c1cc(Br)nn2ccnc12.CC(C)(C)OC(=O)N(CCC(F)(F)F)c1cc(NC2CCCC2)nn2ccnc12. The largest absolute Gasteiger partial charge is 0.443 e. The van der Waals surface area contributed by atoms with E-state index in [1.54, 1.807) is 53.8 Å². The number of imidazole rings is 2. The molecule has 20 heteroatoms. The number of halogens is 7. The first-order chi connectivity index (χ1) is 24.5. The number of nitrogens with zero attached hydrogens (tertiary/aromatic N) is 8. The Kier molecular flexibility index (Phi) is 12.8. The lowest BCUT2D eigenvalue weighted by molar-refractivity contribution is -0.133. The Morgan fingerprint density at radius 3 is 1.64 bits per heavy atom. The van der Waals surface area contributed by atoms with Crippen molar-refractivity contribution in [1.82, 2.24) is 29.2 Å². The third kappa shape index (κ3) is 12.6. The summed E-state index contributed by atoms with van der Waals surface area (Å²) in [5.41, 5.74) is -0.744. The van der Waals surface area contributed by atoms with Gasteiger partial charge in [-0.3, -0.25) is 9.80 Å². The molecule has 5 rings (SSSR count). The van der Waals surface area contributed by atoms with Crippen LogP contribution in [0.2, 0.25) is 0 Å². The maximum atomic E-state index is 12.9. The van der Waals surface area contributed by atoms with E-state index in [9.17, 15) is 35.9 Å². The van der Waals surface area contributed by atoms with E-state index in [1.165, 1.54) is 33.7 Å². The number of carbonyl (C=O) groups is 2. The Morgan fingerprint density at radius 1 is 0.774 bits per heavy atom. The first-order valence-electron chi connectivity index (χ1n) is 16.7. The highest BCUT2D eigenvalue weighted by molar-refractivity contribution is 9.10. The van der Waals surface area contributed by atoms with Crippen LogP contribution < -0.4 is 15.1 Å². The van der Waals surface area contributed by atoms with Crippen LogP contribution in [0.1, 0.15) is 80.1 Å². The van der Waals surface area contributed by atoms with Crippen molar-refractivity contribution < 1.29 is 45.4 Å². The van der Waals surface area contributed by atoms with E-state index in [0.29, 0.717) is 10.4 Å². The van der Waals surface area contributed by atoms with Gasteiger partial charge in [-0.25, -0.2) is 28.6 Å². The summed E-state index contributed by atoms with van der Waals surface area (Å²) in [6.45, 7) is 8.75. The molecule has 13 nitrogen and oxygen atoms in total. The van der Waals surface area contributed by atoms with Gasteiger partial charge in [0.05, 0.1) is 24.2 Å². The number of hydrogen-bond acceptors (Lipinski definition) is 9. The summed E-state index contributed by atoms with van der Waals surface area (Å²) >= 11 is 3.18. The highest BCUT2D eigenvalue weighted by Gasteiger charge is 2.34. The van der Waals surface area contributed by atoms with Gasteiger partial charge in [0.1, 0.15) is 21.6 Å². The Bertz CT molecular complexity index is 1860. The third-order valence-electron chi connectivity index (χ3n) is 7.40. The van der Waals surface area contributed by atoms with Crippen LogP contribution in [0, 0.1) is 0 Å². The summed E-state index contributed by atoms with van der Waals surface area (Å²) in [7, 11) is 0. The van der Waals surface area contributed by atoms with E-state index < -0.39 is 61.7 Å². The molecule has 4 aromatic rings. The first-order valence-corrected chi connectivity index (χ1v) is 17.5. The first kappa shape index (κ1) is 41.4. The van der Waals surface area contributed by atoms with Crippen LogP contribution in [0.15, 0.2) is 41.5 Å². The normalized spacial score (nSPS) is 14.2. The van der Waals surface area contributed by atoms with E-state index >= 15 is 0 Å². The van der Waals surface area contributed by atoms with Gasteiger partial charge >= 0.3 is 24.5 Å². The minimum absolute atomic E-state index is 0.181. The molecule has 0 bridgehead atoms. The van der Waals surface area contributed by atoms with Crippen LogP contribution in [0.5, 0.6) is 0 Å². The molecular weight excluding hydrogens is 780 g/mol. The zero-order valence-corrected chi connectivity index (χ0v) is 31.6. The topological polar surface area (TPSA) is 131 Å². The van der Waals surface area contributed by atoms with Crippen molar-refractivity contribution in [1.29, 1.82) is 0 Å². The molecule has 4 heterocycles.